The molecule has 0 saturated carbocycles. The lowest BCUT2D eigenvalue weighted by Crippen LogP contribution is -2.33. The molecule has 15 heavy (non-hydrogen) atoms. The van der Waals surface area contributed by atoms with Crippen molar-refractivity contribution in [3.63, 3.8) is 0 Å². The average Bonchev–Trinajstić information content (AvgIpc) is 2.52. The van der Waals surface area contributed by atoms with E-state index in [-0.39, 0.29) is 0 Å². The number of nitrogens with two attached hydrogens (primary N) is 1. The maximum absolute atomic E-state index is 6.11. The van der Waals surface area contributed by atoms with Crippen LogP contribution >= 0.6 is 11.6 Å². The molecular weight excluding hydrogens is 212 g/mol. The van der Waals surface area contributed by atoms with Crippen molar-refractivity contribution in [3.05, 3.63) is 11.3 Å². The van der Waals surface area contributed by atoms with Gasteiger partial charge in [-0.1, -0.05) is 11.6 Å². The predicted molar refractivity (Wildman–Crippen MR) is 62.1 cm³/mol. The number of aromatic nitrogens is 2. The van der Waals surface area contributed by atoms with Crippen molar-refractivity contribution < 1.29 is 0 Å². The fourth-order valence-corrected chi connectivity index (χ4v) is 2.36. The Morgan fingerprint density at radius 1 is 1.33 bits per heavy atom. The van der Waals surface area contributed by atoms with Crippen molar-refractivity contribution in [3.8, 4) is 0 Å². The first kappa shape index (κ1) is 10.5. The average molecular weight is 227 g/mol. The largest absolute Gasteiger partial charge is 0.382 e. The first-order valence-corrected chi connectivity index (χ1v) is 5.53. The number of nitrogen functional groups attached to an aromatic ring is 1. The summed E-state index contributed by atoms with van der Waals surface area (Å²) in [5.41, 5.74) is 5.67. The molecule has 0 bridgehead atoms. The normalized spacial score (nSPS) is 25.9. The minimum absolute atomic E-state index is 0.355. The Balaban J connectivity index is 2.40. The van der Waals surface area contributed by atoms with Crippen molar-refractivity contribution in [2.75, 3.05) is 10.6 Å². The van der Waals surface area contributed by atoms with E-state index in [1.54, 1.807) is 0 Å². The number of nitrogens with zero attached hydrogens (tertiary/aromatic N) is 3. The summed E-state index contributed by atoms with van der Waals surface area (Å²) in [6, 6.07) is 0.929. The fourth-order valence-electron chi connectivity index (χ4n) is 2.17. The number of halogens is 1. The van der Waals surface area contributed by atoms with E-state index >= 15 is 0 Å². The second kappa shape index (κ2) is 3.85. The summed E-state index contributed by atoms with van der Waals surface area (Å²) in [4.78, 5) is 10.3. The second-order valence-corrected chi connectivity index (χ2v) is 4.46. The Hall–Kier alpha value is -1.03. The topological polar surface area (TPSA) is 55.0 Å². The predicted octanol–water partition coefficient (Wildman–Crippen LogP) is 2.09. The van der Waals surface area contributed by atoms with E-state index in [4.69, 9.17) is 17.3 Å². The lowest BCUT2D eigenvalue weighted by molar-refractivity contribution is 0.682. The molecule has 2 heterocycles. The molecule has 1 saturated heterocycles. The molecule has 5 heteroatoms. The van der Waals surface area contributed by atoms with Crippen molar-refractivity contribution in [1.82, 2.24) is 9.97 Å². The second-order valence-electron chi connectivity index (χ2n) is 4.08. The maximum atomic E-state index is 6.11. The number of anilines is 2. The smallest absolute Gasteiger partial charge is 0.153 e. The molecule has 1 aromatic rings. The van der Waals surface area contributed by atoms with Crippen LogP contribution in [0.2, 0.25) is 5.02 Å². The van der Waals surface area contributed by atoms with E-state index in [0.29, 0.717) is 22.9 Å². The van der Waals surface area contributed by atoms with Gasteiger partial charge in [0.05, 0.1) is 0 Å². The van der Waals surface area contributed by atoms with Crippen molar-refractivity contribution in [2.45, 2.75) is 38.8 Å². The summed E-state index contributed by atoms with van der Waals surface area (Å²) >= 11 is 6.11. The standard InChI is InChI=1S/C10H15ClN4/c1-6-3-4-7(2)15(6)10-8(11)9(12)13-5-14-10/h5-7H,3-4H2,1-2H3,(H2,12,13,14). The van der Waals surface area contributed by atoms with E-state index < -0.39 is 0 Å². The summed E-state index contributed by atoms with van der Waals surface area (Å²) < 4.78 is 0. The van der Waals surface area contributed by atoms with Gasteiger partial charge in [0.25, 0.3) is 0 Å². The molecule has 2 atom stereocenters. The SMILES string of the molecule is CC1CCC(C)N1c1ncnc(N)c1Cl. The molecular formula is C10H15ClN4. The van der Waals surface area contributed by atoms with Crippen LogP contribution in [0.25, 0.3) is 0 Å². The fraction of sp³-hybridized carbons (Fsp3) is 0.600. The van der Waals surface area contributed by atoms with Gasteiger partial charge in [0, 0.05) is 12.1 Å². The molecule has 2 N–H and O–H groups in total. The van der Waals surface area contributed by atoms with Gasteiger partial charge in [-0.2, -0.15) is 0 Å². The highest BCUT2D eigenvalue weighted by Gasteiger charge is 2.30. The molecule has 1 fully saturated rings. The zero-order valence-electron chi connectivity index (χ0n) is 8.94. The molecule has 0 spiro atoms. The van der Waals surface area contributed by atoms with Crippen molar-refractivity contribution >= 4 is 23.2 Å². The Kier molecular flexibility index (Phi) is 2.69. The van der Waals surface area contributed by atoms with Crippen LogP contribution in [-0.4, -0.2) is 22.1 Å². The zero-order chi connectivity index (χ0) is 11.0. The van der Waals surface area contributed by atoms with E-state index in [9.17, 15) is 0 Å². The molecule has 1 aliphatic heterocycles. The maximum Gasteiger partial charge on any atom is 0.153 e. The van der Waals surface area contributed by atoms with Crippen LogP contribution in [-0.2, 0) is 0 Å². The van der Waals surface area contributed by atoms with E-state index in [1.165, 1.54) is 19.2 Å². The minimum Gasteiger partial charge on any atom is -0.382 e. The Bertz CT molecular complexity index is 358. The first-order chi connectivity index (χ1) is 7.11. The molecule has 1 aromatic heterocycles. The molecule has 2 unspecified atom stereocenters. The Labute approximate surface area is 94.5 Å². The van der Waals surface area contributed by atoms with Gasteiger partial charge in [-0.25, -0.2) is 9.97 Å². The molecule has 0 radical (unpaired) electrons. The van der Waals surface area contributed by atoms with Gasteiger partial charge in [-0.15, -0.1) is 0 Å². The summed E-state index contributed by atoms with van der Waals surface area (Å²) in [6.07, 6.45) is 3.80. The summed E-state index contributed by atoms with van der Waals surface area (Å²) in [7, 11) is 0. The highest BCUT2D eigenvalue weighted by molar-refractivity contribution is 6.35. The number of hydrogen-bond acceptors (Lipinski definition) is 4. The third-order valence-electron chi connectivity index (χ3n) is 2.99. The van der Waals surface area contributed by atoms with Gasteiger partial charge in [-0.05, 0) is 26.7 Å². The molecule has 0 amide bonds. The third kappa shape index (κ3) is 1.74. The van der Waals surface area contributed by atoms with E-state index in [2.05, 4.69) is 28.7 Å². The highest BCUT2D eigenvalue weighted by Crippen LogP contribution is 2.34. The first-order valence-electron chi connectivity index (χ1n) is 5.15. The van der Waals surface area contributed by atoms with Gasteiger partial charge < -0.3 is 10.6 Å². The molecule has 2 rings (SSSR count). The lowest BCUT2D eigenvalue weighted by atomic mass is 10.2. The summed E-state index contributed by atoms with van der Waals surface area (Å²) in [5, 5.41) is 0.470. The van der Waals surface area contributed by atoms with Gasteiger partial charge >= 0.3 is 0 Å². The molecule has 1 aliphatic rings. The van der Waals surface area contributed by atoms with Gasteiger partial charge in [0.15, 0.2) is 5.82 Å². The van der Waals surface area contributed by atoms with Crippen molar-refractivity contribution in [1.29, 1.82) is 0 Å². The Morgan fingerprint density at radius 2 is 1.93 bits per heavy atom. The summed E-state index contributed by atoms with van der Waals surface area (Å²) in [6.45, 7) is 4.36. The van der Waals surface area contributed by atoms with Crippen LogP contribution < -0.4 is 10.6 Å². The Morgan fingerprint density at radius 3 is 2.53 bits per heavy atom. The monoisotopic (exact) mass is 226 g/mol. The van der Waals surface area contributed by atoms with Gasteiger partial charge in [-0.3, -0.25) is 0 Å². The highest BCUT2D eigenvalue weighted by atomic mass is 35.5. The van der Waals surface area contributed by atoms with Crippen LogP contribution in [0.3, 0.4) is 0 Å². The van der Waals surface area contributed by atoms with Crippen LogP contribution in [0.15, 0.2) is 6.33 Å². The van der Waals surface area contributed by atoms with Crippen LogP contribution in [0.1, 0.15) is 26.7 Å². The lowest BCUT2D eigenvalue weighted by Gasteiger charge is -2.28. The quantitative estimate of drug-likeness (QED) is 0.797. The van der Waals surface area contributed by atoms with Gasteiger partial charge in [0.2, 0.25) is 0 Å². The molecule has 82 valence electrons. The van der Waals surface area contributed by atoms with Crippen molar-refractivity contribution in [2.24, 2.45) is 0 Å². The van der Waals surface area contributed by atoms with Crippen LogP contribution in [0, 0.1) is 0 Å². The minimum atomic E-state index is 0.355. The number of rotatable bonds is 1. The molecule has 4 nitrogen and oxygen atoms in total. The van der Waals surface area contributed by atoms with Crippen LogP contribution in [0.4, 0.5) is 11.6 Å². The molecule has 0 aliphatic carbocycles. The molecule has 0 aromatic carbocycles. The van der Waals surface area contributed by atoms with E-state index in [1.807, 2.05) is 0 Å². The van der Waals surface area contributed by atoms with Crippen LogP contribution in [0.5, 0.6) is 0 Å². The van der Waals surface area contributed by atoms with E-state index in [0.717, 1.165) is 5.82 Å². The third-order valence-corrected chi connectivity index (χ3v) is 3.36. The summed E-state index contributed by atoms with van der Waals surface area (Å²) in [5.74, 6) is 1.12. The number of hydrogen-bond donors (Lipinski definition) is 1. The zero-order valence-corrected chi connectivity index (χ0v) is 9.70. The van der Waals surface area contributed by atoms with Gasteiger partial charge in [0.1, 0.15) is 17.2 Å².